The third-order valence-electron chi connectivity index (χ3n) is 5.14. The highest BCUT2D eigenvalue weighted by Crippen LogP contribution is 2.18. The normalized spacial score (nSPS) is 18.0. The summed E-state index contributed by atoms with van der Waals surface area (Å²) >= 11 is 0. The zero-order valence-electron chi connectivity index (χ0n) is 15.5. The molecular weight excluding hydrogens is 328 g/mol. The molecular formula is C19H26N6O. The van der Waals surface area contributed by atoms with Crippen LogP contribution in [-0.2, 0) is 19.5 Å². The van der Waals surface area contributed by atoms with Gasteiger partial charge in [-0.2, -0.15) is 5.10 Å². The predicted molar refractivity (Wildman–Crippen MR) is 101 cm³/mol. The smallest absolute Gasteiger partial charge is 0.255 e. The highest BCUT2D eigenvalue weighted by molar-refractivity contribution is 5.97. The van der Waals surface area contributed by atoms with E-state index in [-0.39, 0.29) is 5.56 Å². The van der Waals surface area contributed by atoms with Crippen LogP contribution in [0, 0.1) is 0 Å². The van der Waals surface area contributed by atoms with Crippen molar-refractivity contribution in [3.8, 4) is 0 Å². The fraction of sp³-hybridized carbons (Fsp3) is 0.579. The van der Waals surface area contributed by atoms with Crippen molar-refractivity contribution in [1.82, 2.24) is 24.6 Å². The topological polar surface area (TPSA) is 79.2 Å². The van der Waals surface area contributed by atoms with Gasteiger partial charge in [0.15, 0.2) is 5.82 Å². The first-order valence-corrected chi connectivity index (χ1v) is 9.51. The Balaban J connectivity index is 1.51. The van der Waals surface area contributed by atoms with E-state index in [0.717, 1.165) is 62.3 Å². The van der Waals surface area contributed by atoms with Gasteiger partial charge < -0.3 is 4.98 Å². The Morgan fingerprint density at radius 3 is 2.88 bits per heavy atom. The van der Waals surface area contributed by atoms with Crippen LogP contribution in [0.3, 0.4) is 0 Å². The van der Waals surface area contributed by atoms with Gasteiger partial charge >= 0.3 is 0 Å². The first-order valence-electron chi connectivity index (χ1n) is 9.51. The van der Waals surface area contributed by atoms with Crippen molar-refractivity contribution < 1.29 is 0 Å². The van der Waals surface area contributed by atoms with E-state index in [1.165, 1.54) is 5.56 Å². The molecule has 2 aliphatic rings. The van der Waals surface area contributed by atoms with Crippen molar-refractivity contribution in [2.24, 2.45) is 4.99 Å². The third kappa shape index (κ3) is 3.49. The van der Waals surface area contributed by atoms with Gasteiger partial charge in [0.05, 0.1) is 23.2 Å². The van der Waals surface area contributed by atoms with Crippen LogP contribution >= 0.6 is 0 Å². The lowest BCUT2D eigenvalue weighted by molar-refractivity contribution is 0.241. The van der Waals surface area contributed by atoms with E-state index in [1.54, 1.807) is 0 Å². The minimum absolute atomic E-state index is 0.0131. The van der Waals surface area contributed by atoms with Crippen molar-refractivity contribution in [2.75, 3.05) is 13.1 Å². The summed E-state index contributed by atoms with van der Waals surface area (Å²) < 4.78 is 1.97. The molecule has 2 aromatic heterocycles. The second-order valence-corrected chi connectivity index (χ2v) is 7.51. The monoisotopic (exact) mass is 354 g/mol. The molecule has 0 bridgehead atoms. The second-order valence-electron chi connectivity index (χ2n) is 7.51. The summed E-state index contributed by atoms with van der Waals surface area (Å²) in [6.07, 6.45) is 7.97. The SMILES string of the molecule is CC(C)n1cc(CN2CCc3nc(C4=NCCCC4)[nH]c(=O)c3C2)cn1. The summed E-state index contributed by atoms with van der Waals surface area (Å²) in [6, 6.07) is 0.360. The molecule has 4 heterocycles. The average Bonchev–Trinajstić information content (AvgIpc) is 3.12. The molecule has 7 heteroatoms. The Hall–Kier alpha value is -2.28. The second kappa shape index (κ2) is 7.15. The maximum absolute atomic E-state index is 12.6. The molecule has 1 N–H and O–H groups in total. The Bertz CT molecular complexity index is 878. The van der Waals surface area contributed by atoms with Crippen LogP contribution < -0.4 is 5.56 Å². The quantitative estimate of drug-likeness (QED) is 0.912. The van der Waals surface area contributed by atoms with Gasteiger partial charge in [-0.05, 0) is 33.1 Å². The van der Waals surface area contributed by atoms with Gasteiger partial charge in [-0.3, -0.25) is 19.4 Å². The molecule has 2 aromatic rings. The molecule has 7 nitrogen and oxygen atoms in total. The van der Waals surface area contributed by atoms with Crippen LogP contribution in [0.1, 0.15) is 61.8 Å². The van der Waals surface area contributed by atoms with Crippen LogP contribution in [0.15, 0.2) is 22.2 Å². The van der Waals surface area contributed by atoms with Crippen molar-refractivity contribution in [3.05, 3.63) is 45.4 Å². The molecule has 0 aromatic carbocycles. The van der Waals surface area contributed by atoms with Gasteiger partial charge in [-0.15, -0.1) is 0 Å². The lowest BCUT2D eigenvalue weighted by atomic mass is 10.0. The lowest BCUT2D eigenvalue weighted by Gasteiger charge is -2.27. The minimum atomic E-state index is -0.0131. The number of nitrogens with zero attached hydrogens (tertiary/aromatic N) is 5. The maximum atomic E-state index is 12.6. The fourth-order valence-corrected chi connectivity index (χ4v) is 3.64. The molecule has 26 heavy (non-hydrogen) atoms. The molecule has 0 atom stereocenters. The summed E-state index contributed by atoms with van der Waals surface area (Å²) in [4.78, 5) is 27.2. The Labute approximate surface area is 153 Å². The summed E-state index contributed by atoms with van der Waals surface area (Å²) in [6.45, 7) is 7.42. The number of aromatic amines is 1. The molecule has 2 aliphatic heterocycles. The zero-order valence-corrected chi connectivity index (χ0v) is 15.5. The van der Waals surface area contributed by atoms with E-state index in [0.29, 0.717) is 18.4 Å². The fourth-order valence-electron chi connectivity index (χ4n) is 3.64. The summed E-state index contributed by atoms with van der Waals surface area (Å²) in [7, 11) is 0. The van der Waals surface area contributed by atoms with E-state index in [4.69, 9.17) is 4.98 Å². The summed E-state index contributed by atoms with van der Waals surface area (Å²) in [5, 5.41) is 4.40. The van der Waals surface area contributed by atoms with Crippen LogP contribution in [0.25, 0.3) is 0 Å². The van der Waals surface area contributed by atoms with Gasteiger partial charge in [-0.1, -0.05) is 0 Å². The number of H-pyrrole nitrogens is 1. The van der Waals surface area contributed by atoms with Crippen LogP contribution in [0.4, 0.5) is 0 Å². The summed E-state index contributed by atoms with van der Waals surface area (Å²) in [5.74, 6) is 0.681. The molecule has 0 radical (unpaired) electrons. The van der Waals surface area contributed by atoms with Crippen molar-refractivity contribution in [2.45, 2.75) is 58.7 Å². The molecule has 0 saturated carbocycles. The Kier molecular flexibility index (Phi) is 4.72. The Morgan fingerprint density at radius 1 is 1.27 bits per heavy atom. The highest BCUT2D eigenvalue weighted by Gasteiger charge is 2.23. The zero-order chi connectivity index (χ0) is 18.1. The predicted octanol–water partition coefficient (Wildman–Crippen LogP) is 2.08. The van der Waals surface area contributed by atoms with Crippen LogP contribution in [-0.4, -0.2) is 43.4 Å². The number of fused-ring (bicyclic) bond motifs is 1. The number of nitrogens with one attached hydrogen (secondary N) is 1. The molecule has 0 aliphatic carbocycles. The molecule has 4 rings (SSSR count). The van der Waals surface area contributed by atoms with E-state index < -0.39 is 0 Å². The van der Waals surface area contributed by atoms with Crippen molar-refractivity contribution >= 4 is 5.71 Å². The molecule has 0 fully saturated rings. The largest absolute Gasteiger partial charge is 0.305 e. The van der Waals surface area contributed by atoms with Crippen LogP contribution in [0.2, 0.25) is 0 Å². The molecule has 0 amide bonds. The van der Waals surface area contributed by atoms with Gasteiger partial charge in [0, 0.05) is 50.4 Å². The molecule has 0 spiro atoms. The van der Waals surface area contributed by atoms with Crippen molar-refractivity contribution in [3.63, 3.8) is 0 Å². The minimum Gasteiger partial charge on any atom is -0.305 e. The third-order valence-corrected chi connectivity index (χ3v) is 5.14. The van der Waals surface area contributed by atoms with E-state index in [1.807, 2.05) is 10.9 Å². The summed E-state index contributed by atoms with van der Waals surface area (Å²) in [5.41, 5.74) is 3.86. The number of rotatable bonds is 4. The van der Waals surface area contributed by atoms with Crippen LogP contribution in [0.5, 0.6) is 0 Å². The average molecular weight is 354 g/mol. The first-order chi connectivity index (χ1) is 12.6. The van der Waals surface area contributed by atoms with Gasteiger partial charge in [-0.25, -0.2) is 4.98 Å². The standard InChI is InChI=1S/C19H26N6O/c1-13(2)25-11-14(9-21-25)10-24-8-6-16-15(12-24)19(26)23-18(22-16)17-5-3-4-7-20-17/h9,11,13H,3-8,10,12H2,1-2H3,(H,22,23,26). The number of aromatic nitrogens is 4. The van der Waals surface area contributed by atoms with Gasteiger partial charge in [0.1, 0.15) is 0 Å². The van der Waals surface area contributed by atoms with Gasteiger partial charge in [0.25, 0.3) is 5.56 Å². The van der Waals surface area contributed by atoms with E-state index in [9.17, 15) is 4.79 Å². The molecule has 138 valence electrons. The maximum Gasteiger partial charge on any atom is 0.255 e. The number of hydrogen-bond acceptors (Lipinski definition) is 5. The molecule has 0 unspecified atom stereocenters. The highest BCUT2D eigenvalue weighted by atomic mass is 16.1. The first kappa shape index (κ1) is 17.1. The number of aliphatic imine (C=N–C) groups is 1. The lowest BCUT2D eigenvalue weighted by Crippen LogP contribution is -2.36. The molecule has 0 saturated heterocycles. The van der Waals surface area contributed by atoms with E-state index in [2.05, 4.69) is 40.0 Å². The van der Waals surface area contributed by atoms with Gasteiger partial charge in [0.2, 0.25) is 0 Å². The van der Waals surface area contributed by atoms with E-state index >= 15 is 0 Å². The van der Waals surface area contributed by atoms with Crippen molar-refractivity contribution in [1.29, 1.82) is 0 Å². The Morgan fingerprint density at radius 2 is 2.15 bits per heavy atom. The number of hydrogen-bond donors (Lipinski definition) is 1.